The monoisotopic (exact) mass is 337 g/mol. The molecule has 2 rings (SSSR count). The molecule has 20 heavy (non-hydrogen) atoms. The fourth-order valence-corrected chi connectivity index (χ4v) is 2.29. The summed E-state index contributed by atoms with van der Waals surface area (Å²) in [5, 5.41) is 3.37. The number of hydrogen-bond acceptors (Lipinski definition) is 3. The number of aromatic nitrogens is 2. The normalized spacial score (nSPS) is 12.3. The lowest BCUT2D eigenvalue weighted by Crippen LogP contribution is -2.21. The highest BCUT2D eigenvalue weighted by Crippen LogP contribution is 2.16. The molecule has 0 fully saturated rings. The molecule has 1 atom stereocenters. The molecule has 0 saturated carbocycles. The van der Waals surface area contributed by atoms with Crippen molar-refractivity contribution >= 4 is 15.9 Å². The Morgan fingerprint density at radius 1 is 1.35 bits per heavy atom. The summed E-state index contributed by atoms with van der Waals surface area (Å²) in [5.74, 6) is -0.152. The molecule has 1 aromatic heterocycles. The Labute approximate surface area is 126 Å². The first kappa shape index (κ1) is 15.1. The molecular formula is C15H17BrFN3. The van der Waals surface area contributed by atoms with E-state index in [0.29, 0.717) is 0 Å². The Kier molecular flexibility index (Phi) is 5.61. The molecule has 5 heteroatoms. The van der Waals surface area contributed by atoms with E-state index in [1.54, 1.807) is 18.6 Å². The number of benzene rings is 1. The Morgan fingerprint density at radius 3 is 2.90 bits per heavy atom. The molecule has 0 saturated heterocycles. The smallest absolute Gasteiger partial charge is 0.127 e. The van der Waals surface area contributed by atoms with Gasteiger partial charge in [0.25, 0.3) is 0 Å². The van der Waals surface area contributed by atoms with Crippen LogP contribution in [0.25, 0.3) is 0 Å². The maximum atomic E-state index is 13.6. The molecule has 0 amide bonds. The fraction of sp³-hybridized carbons (Fsp3) is 0.333. The third-order valence-corrected chi connectivity index (χ3v) is 3.61. The molecule has 0 spiro atoms. The van der Waals surface area contributed by atoms with Crippen LogP contribution in [-0.2, 0) is 6.42 Å². The van der Waals surface area contributed by atoms with Gasteiger partial charge in [0.15, 0.2) is 0 Å². The van der Waals surface area contributed by atoms with Crippen LogP contribution in [0.15, 0.2) is 41.3 Å². The first-order valence-corrected chi connectivity index (χ1v) is 7.39. The Bertz CT molecular complexity index is 548. The number of nitrogens with one attached hydrogen (secondary N) is 1. The van der Waals surface area contributed by atoms with E-state index in [1.165, 1.54) is 6.07 Å². The Hall–Kier alpha value is -1.33. The average molecular weight is 338 g/mol. The Morgan fingerprint density at radius 2 is 2.20 bits per heavy atom. The van der Waals surface area contributed by atoms with Gasteiger partial charge in [0.05, 0.1) is 5.69 Å². The van der Waals surface area contributed by atoms with Crippen molar-refractivity contribution in [2.75, 3.05) is 6.54 Å². The van der Waals surface area contributed by atoms with E-state index in [-0.39, 0.29) is 11.9 Å². The van der Waals surface area contributed by atoms with Crippen molar-refractivity contribution in [2.45, 2.75) is 25.8 Å². The third-order valence-electron chi connectivity index (χ3n) is 3.12. The number of halogens is 2. The van der Waals surface area contributed by atoms with E-state index < -0.39 is 0 Å². The minimum Gasteiger partial charge on any atom is -0.309 e. The molecule has 0 bridgehead atoms. The molecule has 3 nitrogen and oxygen atoms in total. The SMILES string of the molecule is CC(NCCCc1ccc(Br)cc1F)c1cnccn1. The first-order chi connectivity index (χ1) is 9.66. The molecular weight excluding hydrogens is 321 g/mol. The standard InChI is InChI=1S/C15H17BrFN3/c1-11(15-10-18-7-8-20-15)19-6-2-3-12-4-5-13(16)9-14(12)17/h4-5,7-11,19H,2-3,6H2,1H3. The van der Waals surface area contributed by atoms with Crippen molar-refractivity contribution in [3.05, 3.63) is 58.3 Å². The highest BCUT2D eigenvalue weighted by molar-refractivity contribution is 9.10. The van der Waals surface area contributed by atoms with Gasteiger partial charge >= 0.3 is 0 Å². The molecule has 1 N–H and O–H groups in total. The number of nitrogens with zero attached hydrogens (tertiary/aromatic N) is 2. The third kappa shape index (κ3) is 4.35. The molecule has 106 valence electrons. The topological polar surface area (TPSA) is 37.8 Å². The fourth-order valence-electron chi connectivity index (χ4n) is 1.96. The highest BCUT2D eigenvalue weighted by Gasteiger charge is 2.06. The summed E-state index contributed by atoms with van der Waals surface area (Å²) in [7, 11) is 0. The van der Waals surface area contributed by atoms with Crippen LogP contribution in [0.5, 0.6) is 0 Å². The zero-order valence-electron chi connectivity index (χ0n) is 11.3. The second-order valence-corrected chi connectivity index (χ2v) is 5.56. The van der Waals surface area contributed by atoms with Gasteiger partial charge in [0.1, 0.15) is 5.82 Å². The van der Waals surface area contributed by atoms with Crippen LogP contribution < -0.4 is 5.32 Å². The summed E-state index contributed by atoms with van der Waals surface area (Å²) >= 11 is 3.26. The van der Waals surface area contributed by atoms with E-state index in [9.17, 15) is 4.39 Å². The van der Waals surface area contributed by atoms with Gasteiger partial charge < -0.3 is 5.32 Å². The van der Waals surface area contributed by atoms with Gasteiger partial charge in [-0.3, -0.25) is 9.97 Å². The predicted molar refractivity (Wildman–Crippen MR) is 80.9 cm³/mol. The van der Waals surface area contributed by atoms with E-state index in [0.717, 1.165) is 35.1 Å². The van der Waals surface area contributed by atoms with Crippen LogP contribution in [0, 0.1) is 5.82 Å². The van der Waals surface area contributed by atoms with Crippen molar-refractivity contribution in [3.8, 4) is 0 Å². The maximum absolute atomic E-state index is 13.6. The van der Waals surface area contributed by atoms with Gasteiger partial charge in [-0.1, -0.05) is 22.0 Å². The van der Waals surface area contributed by atoms with Crippen LogP contribution in [0.1, 0.15) is 30.6 Å². The molecule has 0 radical (unpaired) electrons. The summed E-state index contributed by atoms with van der Waals surface area (Å²) in [4.78, 5) is 8.29. The number of aryl methyl sites for hydroxylation is 1. The van der Waals surface area contributed by atoms with Crippen LogP contribution in [-0.4, -0.2) is 16.5 Å². The summed E-state index contributed by atoms with van der Waals surface area (Å²) in [6.45, 7) is 2.86. The van der Waals surface area contributed by atoms with Crippen LogP contribution >= 0.6 is 15.9 Å². The summed E-state index contributed by atoms with van der Waals surface area (Å²) < 4.78 is 14.4. The van der Waals surface area contributed by atoms with Crippen molar-refractivity contribution in [3.63, 3.8) is 0 Å². The van der Waals surface area contributed by atoms with E-state index in [1.807, 2.05) is 19.1 Å². The Balaban J connectivity index is 1.76. The summed E-state index contributed by atoms with van der Waals surface area (Å²) in [5.41, 5.74) is 1.67. The maximum Gasteiger partial charge on any atom is 0.127 e. The summed E-state index contributed by atoms with van der Waals surface area (Å²) in [6, 6.07) is 5.35. The number of hydrogen-bond donors (Lipinski definition) is 1. The van der Waals surface area contributed by atoms with E-state index in [2.05, 4.69) is 31.2 Å². The van der Waals surface area contributed by atoms with Gasteiger partial charge in [0.2, 0.25) is 0 Å². The molecule has 1 heterocycles. The van der Waals surface area contributed by atoms with Gasteiger partial charge in [-0.25, -0.2) is 4.39 Å². The minimum atomic E-state index is -0.152. The van der Waals surface area contributed by atoms with E-state index in [4.69, 9.17) is 0 Å². The largest absolute Gasteiger partial charge is 0.309 e. The van der Waals surface area contributed by atoms with Crippen molar-refractivity contribution in [1.29, 1.82) is 0 Å². The molecule has 2 aromatic rings. The lowest BCUT2D eigenvalue weighted by Gasteiger charge is -2.12. The van der Waals surface area contributed by atoms with Crippen LogP contribution in [0.4, 0.5) is 4.39 Å². The molecule has 1 aromatic carbocycles. The predicted octanol–water partition coefficient (Wildman–Crippen LogP) is 3.66. The lowest BCUT2D eigenvalue weighted by molar-refractivity contribution is 0.538. The van der Waals surface area contributed by atoms with Gasteiger partial charge in [0, 0.05) is 29.1 Å². The second-order valence-electron chi connectivity index (χ2n) is 4.65. The highest BCUT2D eigenvalue weighted by atomic mass is 79.9. The van der Waals surface area contributed by atoms with Gasteiger partial charge in [-0.2, -0.15) is 0 Å². The number of rotatable bonds is 6. The van der Waals surface area contributed by atoms with Crippen LogP contribution in [0.3, 0.4) is 0 Å². The molecule has 0 aliphatic rings. The van der Waals surface area contributed by atoms with Crippen LogP contribution in [0.2, 0.25) is 0 Å². The lowest BCUT2D eigenvalue weighted by atomic mass is 10.1. The summed E-state index contributed by atoms with van der Waals surface area (Å²) in [6.07, 6.45) is 6.70. The van der Waals surface area contributed by atoms with Crippen molar-refractivity contribution in [2.24, 2.45) is 0 Å². The molecule has 1 unspecified atom stereocenters. The first-order valence-electron chi connectivity index (χ1n) is 6.60. The zero-order chi connectivity index (χ0) is 14.4. The van der Waals surface area contributed by atoms with Gasteiger partial charge in [-0.05, 0) is 44.0 Å². The second kappa shape index (κ2) is 7.45. The van der Waals surface area contributed by atoms with E-state index >= 15 is 0 Å². The average Bonchev–Trinajstić information content (AvgIpc) is 2.46. The molecule has 0 aliphatic carbocycles. The minimum absolute atomic E-state index is 0.151. The van der Waals surface area contributed by atoms with Gasteiger partial charge in [-0.15, -0.1) is 0 Å². The van der Waals surface area contributed by atoms with Crippen molar-refractivity contribution < 1.29 is 4.39 Å². The quantitative estimate of drug-likeness (QED) is 0.817. The van der Waals surface area contributed by atoms with Crippen molar-refractivity contribution in [1.82, 2.24) is 15.3 Å². The molecule has 0 aliphatic heterocycles. The zero-order valence-corrected chi connectivity index (χ0v) is 12.9.